The average Bonchev–Trinajstić information content (AvgIpc) is 3.36. The first-order valence-electron chi connectivity index (χ1n) is 12.3. The van der Waals surface area contributed by atoms with Gasteiger partial charge in [-0.3, -0.25) is 4.90 Å². The Labute approximate surface area is 199 Å². The molecular weight excluding hydrogens is 426 g/mol. The first-order chi connectivity index (χ1) is 16.5. The predicted octanol–water partition coefficient (Wildman–Crippen LogP) is 3.22. The van der Waals surface area contributed by atoms with Crippen molar-refractivity contribution >= 4 is 22.6 Å². The molecule has 0 amide bonds. The Hall–Kier alpha value is -3.04. The maximum atomic E-state index is 4.74. The fourth-order valence-electron chi connectivity index (χ4n) is 5.47. The summed E-state index contributed by atoms with van der Waals surface area (Å²) in [6.07, 6.45) is 8.14. The molecule has 178 valence electrons. The van der Waals surface area contributed by atoms with Crippen LogP contribution in [0.15, 0.2) is 30.7 Å². The van der Waals surface area contributed by atoms with Crippen LogP contribution in [0.25, 0.3) is 27.8 Å². The van der Waals surface area contributed by atoms with Gasteiger partial charge in [-0.25, -0.2) is 19.5 Å². The Kier molecular flexibility index (Phi) is 5.26. The minimum atomic E-state index is 0.326. The smallest absolute Gasteiger partial charge is 0.241 e. The minimum absolute atomic E-state index is 0.326. The number of rotatable bonds is 5. The fraction of sp³-hybridized carbons (Fsp3) is 0.520. The van der Waals surface area contributed by atoms with Gasteiger partial charge in [-0.05, 0) is 52.8 Å². The fourth-order valence-corrected chi connectivity index (χ4v) is 5.47. The van der Waals surface area contributed by atoms with Crippen LogP contribution in [0.2, 0.25) is 0 Å². The number of aryl methyl sites for hydroxylation is 1. The van der Waals surface area contributed by atoms with E-state index in [1.54, 1.807) is 0 Å². The molecule has 2 fully saturated rings. The summed E-state index contributed by atoms with van der Waals surface area (Å²) in [6, 6.07) is 5.73. The zero-order chi connectivity index (χ0) is 23.4. The van der Waals surface area contributed by atoms with E-state index in [4.69, 9.17) is 5.10 Å². The van der Waals surface area contributed by atoms with E-state index in [0.717, 1.165) is 46.5 Å². The van der Waals surface area contributed by atoms with Gasteiger partial charge in [-0.1, -0.05) is 0 Å². The molecule has 6 rings (SSSR count). The molecule has 0 spiro atoms. The zero-order valence-corrected chi connectivity index (χ0v) is 20.4. The number of pyridine rings is 1. The van der Waals surface area contributed by atoms with Crippen LogP contribution in [0.1, 0.15) is 38.6 Å². The summed E-state index contributed by atoms with van der Waals surface area (Å²) in [6.45, 7) is 11.1. The van der Waals surface area contributed by atoms with Gasteiger partial charge in [0.15, 0.2) is 5.65 Å². The second-order valence-electron chi connectivity index (χ2n) is 10.1. The Morgan fingerprint density at radius 3 is 2.59 bits per heavy atom. The summed E-state index contributed by atoms with van der Waals surface area (Å²) in [5.41, 5.74) is 4.95. The number of piperazine rings is 1. The number of hydrogen-bond acceptors (Lipinski definition) is 7. The van der Waals surface area contributed by atoms with Crippen molar-refractivity contribution in [1.29, 1.82) is 0 Å². The topological polar surface area (TPSA) is 79.4 Å². The quantitative estimate of drug-likeness (QED) is 0.491. The molecule has 1 aliphatic carbocycles. The number of likely N-dealkylation sites (N-methyl/N-ethyl adjacent to an activating group) is 1. The molecule has 1 aliphatic heterocycles. The first-order valence-corrected chi connectivity index (χ1v) is 12.3. The normalized spacial score (nSPS) is 22.0. The van der Waals surface area contributed by atoms with Crippen molar-refractivity contribution in [3.05, 3.63) is 36.5 Å². The maximum absolute atomic E-state index is 4.74. The lowest BCUT2D eigenvalue weighted by Crippen LogP contribution is -2.55. The Morgan fingerprint density at radius 2 is 1.82 bits per heavy atom. The van der Waals surface area contributed by atoms with Gasteiger partial charge in [-0.15, -0.1) is 5.10 Å². The summed E-state index contributed by atoms with van der Waals surface area (Å²) in [5, 5.41) is 8.28. The molecule has 34 heavy (non-hydrogen) atoms. The second-order valence-corrected chi connectivity index (χ2v) is 10.1. The SMILES string of the molecule is Cc1nc2ncc(-c3ccn4nc(NC5CC(N6CCN(C)CC6)C5)ncc34)cc2n1C(C)C. The molecule has 0 bridgehead atoms. The molecule has 1 saturated carbocycles. The van der Waals surface area contributed by atoms with Gasteiger partial charge >= 0.3 is 0 Å². The van der Waals surface area contributed by atoms with E-state index in [0.29, 0.717) is 24.1 Å². The number of aromatic nitrogens is 6. The van der Waals surface area contributed by atoms with Crippen LogP contribution in [-0.4, -0.2) is 84.2 Å². The van der Waals surface area contributed by atoms with Gasteiger partial charge in [0.25, 0.3) is 0 Å². The van der Waals surface area contributed by atoms with E-state index in [-0.39, 0.29) is 0 Å². The van der Waals surface area contributed by atoms with Crippen molar-refractivity contribution in [3.8, 4) is 11.1 Å². The van der Waals surface area contributed by atoms with E-state index in [2.05, 4.69) is 67.7 Å². The van der Waals surface area contributed by atoms with E-state index in [1.165, 1.54) is 26.2 Å². The van der Waals surface area contributed by atoms with Gasteiger partial charge < -0.3 is 14.8 Å². The number of imidazole rings is 1. The summed E-state index contributed by atoms with van der Waals surface area (Å²) in [5.74, 6) is 1.68. The summed E-state index contributed by atoms with van der Waals surface area (Å²) < 4.78 is 4.15. The first kappa shape index (κ1) is 21.5. The van der Waals surface area contributed by atoms with Crippen molar-refractivity contribution in [3.63, 3.8) is 0 Å². The molecule has 0 aromatic carbocycles. The van der Waals surface area contributed by atoms with Crippen LogP contribution in [-0.2, 0) is 0 Å². The Balaban J connectivity index is 1.19. The molecule has 9 nitrogen and oxygen atoms in total. The van der Waals surface area contributed by atoms with Gasteiger partial charge in [0.05, 0.1) is 17.2 Å². The molecule has 0 unspecified atom stereocenters. The number of nitrogens with zero attached hydrogens (tertiary/aromatic N) is 8. The number of hydrogen-bond donors (Lipinski definition) is 1. The maximum Gasteiger partial charge on any atom is 0.241 e. The molecule has 4 aromatic heterocycles. The van der Waals surface area contributed by atoms with Crippen LogP contribution in [0.5, 0.6) is 0 Å². The van der Waals surface area contributed by atoms with Gasteiger partial charge in [-0.2, -0.15) is 0 Å². The molecule has 4 aromatic rings. The van der Waals surface area contributed by atoms with Crippen molar-refractivity contribution in [2.75, 3.05) is 38.5 Å². The predicted molar refractivity (Wildman–Crippen MR) is 134 cm³/mol. The van der Waals surface area contributed by atoms with Crippen LogP contribution in [0.3, 0.4) is 0 Å². The highest BCUT2D eigenvalue weighted by molar-refractivity contribution is 5.85. The highest BCUT2D eigenvalue weighted by Gasteiger charge is 2.35. The van der Waals surface area contributed by atoms with Gasteiger partial charge in [0.1, 0.15) is 5.82 Å². The van der Waals surface area contributed by atoms with Gasteiger partial charge in [0.2, 0.25) is 5.95 Å². The summed E-state index contributed by atoms with van der Waals surface area (Å²) >= 11 is 0. The van der Waals surface area contributed by atoms with E-state index < -0.39 is 0 Å². The Bertz CT molecular complexity index is 1320. The molecule has 9 heteroatoms. The van der Waals surface area contributed by atoms with Crippen LogP contribution in [0, 0.1) is 6.92 Å². The van der Waals surface area contributed by atoms with E-state index in [9.17, 15) is 0 Å². The lowest BCUT2D eigenvalue weighted by Gasteiger charge is -2.46. The molecule has 5 heterocycles. The highest BCUT2D eigenvalue weighted by Crippen LogP contribution is 2.31. The van der Waals surface area contributed by atoms with Crippen LogP contribution in [0.4, 0.5) is 5.95 Å². The minimum Gasteiger partial charge on any atom is -0.350 e. The van der Waals surface area contributed by atoms with E-state index >= 15 is 0 Å². The molecule has 0 atom stereocenters. The van der Waals surface area contributed by atoms with Gasteiger partial charge in [0, 0.05) is 67.8 Å². The third-order valence-electron chi connectivity index (χ3n) is 7.47. The lowest BCUT2D eigenvalue weighted by atomic mass is 9.85. The van der Waals surface area contributed by atoms with Crippen LogP contribution >= 0.6 is 0 Å². The van der Waals surface area contributed by atoms with Crippen molar-refractivity contribution < 1.29 is 0 Å². The standard InChI is InChI=1S/C25H33N9/c1-16(2)34-17(3)28-24-22(34)11-18(14-26-24)21-5-6-33-23(21)15-27-25(30-33)29-19-12-20(13-19)32-9-7-31(4)8-10-32/h5-6,11,14-16,19-20H,7-10,12-13H2,1-4H3,(H,29,30). The largest absolute Gasteiger partial charge is 0.350 e. The number of nitrogens with one attached hydrogen (secondary N) is 1. The molecule has 1 N–H and O–H groups in total. The highest BCUT2D eigenvalue weighted by atomic mass is 15.3. The molecule has 2 aliphatic rings. The van der Waals surface area contributed by atoms with E-state index in [1.807, 2.05) is 30.0 Å². The zero-order valence-electron chi connectivity index (χ0n) is 20.4. The molecular formula is C25H33N9. The third-order valence-corrected chi connectivity index (χ3v) is 7.47. The average molecular weight is 460 g/mol. The summed E-state index contributed by atoms with van der Waals surface area (Å²) in [7, 11) is 2.21. The van der Waals surface area contributed by atoms with Crippen LogP contribution < -0.4 is 5.32 Å². The number of fused-ring (bicyclic) bond motifs is 2. The van der Waals surface area contributed by atoms with Crippen molar-refractivity contribution in [2.24, 2.45) is 0 Å². The molecule has 1 saturated heterocycles. The number of anilines is 1. The third kappa shape index (κ3) is 3.73. The monoisotopic (exact) mass is 459 g/mol. The van der Waals surface area contributed by atoms with Crippen molar-refractivity contribution in [2.45, 2.75) is 51.7 Å². The molecule has 0 radical (unpaired) electrons. The lowest BCUT2D eigenvalue weighted by molar-refractivity contribution is 0.0656. The van der Waals surface area contributed by atoms with Crippen molar-refractivity contribution in [1.82, 2.24) is 38.9 Å². The Morgan fingerprint density at radius 1 is 1.03 bits per heavy atom. The summed E-state index contributed by atoms with van der Waals surface area (Å²) in [4.78, 5) is 18.9. The second kappa shape index (κ2) is 8.32.